The molecule has 2 heterocycles. The van der Waals surface area contributed by atoms with E-state index in [4.69, 9.17) is 4.74 Å². The van der Waals surface area contributed by atoms with Crippen LogP contribution in [0.1, 0.15) is 117 Å². The van der Waals surface area contributed by atoms with Gasteiger partial charge >= 0.3 is 0 Å². The molecule has 14 aromatic rings. The van der Waals surface area contributed by atoms with Gasteiger partial charge in [0.2, 0.25) is 5.75 Å². The zero-order chi connectivity index (χ0) is 72.4. The van der Waals surface area contributed by atoms with Crippen LogP contribution in [0, 0.1) is 43.4 Å². The van der Waals surface area contributed by atoms with Crippen LogP contribution in [-0.4, -0.2) is 32.6 Å². The molecule has 2 aromatic heterocycles. The summed E-state index contributed by atoms with van der Waals surface area (Å²) in [5.74, 6) is 0.210. The molecule has 0 fully saturated rings. The number of hydrogen-bond acceptors (Lipinski definition) is 3. The average Bonchev–Trinajstić information content (AvgIpc) is 1.64. The van der Waals surface area contributed by atoms with Crippen LogP contribution in [0.3, 0.4) is 0 Å². The third-order valence-electron chi connectivity index (χ3n) is 20.5. The minimum atomic E-state index is -0.447. The number of phenols is 2. The normalized spacial score (nSPS) is 12.3. The Hall–Kier alpha value is -10.7. The van der Waals surface area contributed by atoms with Crippen LogP contribution in [0.5, 0.6) is 23.0 Å². The monoisotopic (exact) mass is 1360 g/mol. The molecule has 0 saturated heterocycles. The van der Waals surface area contributed by atoms with Crippen molar-refractivity contribution in [1.82, 2.24) is 9.13 Å². The van der Waals surface area contributed by atoms with E-state index in [0.29, 0.717) is 75.7 Å². The molecule has 0 radical (unpaired) electrons. The highest BCUT2D eigenvalue weighted by Crippen LogP contribution is 2.52. The quantitative estimate of drug-likeness (QED) is 0.0482. The van der Waals surface area contributed by atoms with E-state index >= 15 is 8.78 Å². The number of aryl methyl sites for hydroxylation is 2. The number of aromatic nitrogens is 2. The Morgan fingerprint density at radius 3 is 1.08 bits per heavy atom. The van der Waals surface area contributed by atoms with Gasteiger partial charge in [0.15, 0.2) is 0 Å². The van der Waals surface area contributed by atoms with Gasteiger partial charge in [0.25, 0.3) is 0 Å². The molecule has 0 unspecified atom stereocenters. The molecule has 0 aliphatic carbocycles. The second kappa shape index (κ2) is 27.2. The largest absolute Gasteiger partial charge is 0.711 e. The molecule has 0 bridgehead atoms. The fourth-order valence-corrected chi connectivity index (χ4v) is 16.5. The summed E-state index contributed by atoms with van der Waals surface area (Å²) in [4.78, 5) is 0. The predicted molar refractivity (Wildman–Crippen MR) is 427 cm³/mol. The van der Waals surface area contributed by atoms with Gasteiger partial charge in [0, 0.05) is 50.2 Å². The first-order valence-electron chi connectivity index (χ1n) is 36.1. The zero-order valence-electron chi connectivity index (χ0n) is 61.4. The van der Waals surface area contributed by atoms with Crippen molar-refractivity contribution in [3.8, 4) is 101 Å². The summed E-state index contributed by atoms with van der Waals surface area (Å²) in [6, 6.07) is 82.1. The highest BCUT2D eigenvalue weighted by Gasteiger charge is 2.34. The van der Waals surface area contributed by atoms with Crippen LogP contribution in [0.2, 0.25) is 0 Å². The molecular weight excluding hydrogens is 1270 g/mol. The van der Waals surface area contributed by atoms with Gasteiger partial charge in [-0.25, -0.2) is 8.78 Å². The summed E-state index contributed by atoms with van der Waals surface area (Å²) in [6.45, 7) is 26.9. The van der Waals surface area contributed by atoms with Gasteiger partial charge in [0.1, 0.15) is 35.5 Å². The summed E-state index contributed by atoms with van der Waals surface area (Å²) in [5, 5.41) is 30.9. The summed E-state index contributed by atoms with van der Waals surface area (Å²) in [6.07, 6.45) is 2.75. The van der Waals surface area contributed by atoms with E-state index in [1.54, 1.807) is 0 Å². The third-order valence-corrected chi connectivity index (χ3v) is 20.5. The second-order valence-electron chi connectivity index (χ2n) is 32.0. The van der Waals surface area contributed by atoms with Crippen molar-refractivity contribution in [3.05, 3.63) is 284 Å². The number of nitrogens with zero attached hydrogens (tertiary/aromatic N) is 2. The Labute approximate surface area is 605 Å². The SMILES string of the molecule is [CH2-][O+](CCCCOc1c(C)cc(F)cc1-c1cc(C(C)(C)CC(C)(C)C)cc(-n2c3cc(-c4ccccc4)ccc3c3ccc(-c4ccccc4)cc32)c1O)c1c(C)cc(F)cc1-c1cc(C(C)(C)CC(C)(C)C)cc(-n2c3cc(-c4ccccc4)ccc3c3ccc(-c4ccccc4)cc32)c1O. The number of rotatable bonds is 19. The Kier molecular flexibility index (Phi) is 18.4. The molecule has 103 heavy (non-hydrogen) atoms. The van der Waals surface area contributed by atoms with Gasteiger partial charge in [-0.1, -0.05) is 239 Å². The van der Waals surface area contributed by atoms with E-state index in [-0.39, 0.29) is 28.9 Å². The molecule has 14 rings (SSSR count). The molecule has 0 aliphatic rings. The van der Waals surface area contributed by atoms with Crippen molar-refractivity contribution >= 4 is 43.6 Å². The average molecular weight is 1360 g/mol. The maximum absolute atomic E-state index is 16.5. The standard InChI is InChI=1S/C95H92F2N2O4/c1-60-46-72(96)56-80(78-52-70(94(9,10)58-92(3,4)5)54-86(88(78)100)98-82-48-66(62-28-18-14-19-29-62)36-40-74(82)75-41-37-67(49-83(75)98)63-30-20-15-21-31-63)90(60)102-44-26-27-45-103(13)91-61(2)47-73(97)57-81(91)79-53-71(95(11,12)59-93(6,7)8)55-87(89(79)101)99-84-50-68(64-32-22-16-23-33-64)38-42-76(84)77-43-39-69(51-85(77)99)65-34-24-17-25-35-65/h14-25,28-43,46-57,100-101H,13,26-27,44-45,58-59H2,1-12H3. The third kappa shape index (κ3) is 13.8. The minimum absolute atomic E-state index is 0.000303. The topological polar surface area (TPSA) is 62.2 Å². The van der Waals surface area contributed by atoms with Crippen LogP contribution < -0.4 is 4.74 Å². The maximum Gasteiger partial charge on any atom is 0.237 e. The van der Waals surface area contributed by atoms with Crippen molar-refractivity contribution < 1.29 is 28.1 Å². The fraction of sp³-hybridized carbons (Fsp3) is 0.232. The molecular formula is C95H92F2N2O4. The molecule has 0 amide bonds. The molecule has 0 spiro atoms. The number of hydrogen-bond donors (Lipinski definition) is 2. The Morgan fingerprint density at radius 2 is 0.718 bits per heavy atom. The van der Waals surface area contributed by atoms with Crippen LogP contribution in [0.4, 0.5) is 8.78 Å². The summed E-state index contributed by atoms with van der Waals surface area (Å²) in [5.41, 5.74) is 17.4. The van der Waals surface area contributed by atoms with Gasteiger partial charge < -0.3 is 28.5 Å². The summed E-state index contributed by atoms with van der Waals surface area (Å²) >= 11 is 0. The molecule has 6 nitrogen and oxygen atoms in total. The van der Waals surface area contributed by atoms with Crippen molar-refractivity contribution in [3.63, 3.8) is 0 Å². The highest BCUT2D eigenvalue weighted by molar-refractivity contribution is 6.13. The summed E-state index contributed by atoms with van der Waals surface area (Å²) in [7, 11) is 4.59. The van der Waals surface area contributed by atoms with E-state index in [1.165, 1.54) is 24.3 Å². The molecule has 520 valence electrons. The van der Waals surface area contributed by atoms with Crippen molar-refractivity contribution in [2.24, 2.45) is 10.8 Å². The van der Waals surface area contributed by atoms with Gasteiger partial charge in [-0.2, -0.15) is 0 Å². The number of ether oxygens (including phenoxy) is 1. The lowest BCUT2D eigenvalue weighted by molar-refractivity contribution is 0.0272. The first-order valence-corrected chi connectivity index (χ1v) is 36.1. The molecule has 8 heteroatoms. The van der Waals surface area contributed by atoms with Gasteiger partial charge in [-0.05, 0) is 196 Å². The Balaban J connectivity index is 0.838. The number of benzene rings is 12. The smallest absolute Gasteiger partial charge is 0.237 e. The van der Waals surface area contributed by atoms with Gasteiger partial charge in [-0.3, -0.25) is 0 Å². The first-order chi connectivity index (χ1) is 49.2. The van der Waals surface area contributed by atoms with Crippen molar-refractivity contribution in [2.75, 3.05) is 13.2 Å². The van der Waals surface area contributed by atoms with Crippen molar-refractivity contribution in [1.29, 1.82) is 0 Å². The van der Waals surface area contributed by atoms with Crippen LogP contribution in [0.25, 0.3) is 122 Å². The Bertz CT molecular complexity index is 5330. The highest BCUT2D eigenvalue weighted by atomic mass is 19.1. The number of phenolic OH excluding ortho intramolecular Hbond substituents is 2. The molecule has 0 saturated carbocycles. The summed E-state index contributed by atoms with van der Waals surface area (Å²) < 4.78 is 47.3. The maximum atomic E-state index is 16.5. The van der Waals surface area contributed by atoms with E-state index < -0.39 is 22.5 Å². The molecule has 2 N–H and O–H groups in total. The lowest BCUT2D eigenvalue weighted by atomic mass is 9.71. The van der Waals surface area contributed by atoms with E-state index in [1.807, 2.05) is 92.7 Å². The van der Waals surface area contributed by atoms with E-state index in [9.17, 15) is 10.2 Å². The molecule has 0 atom stereocenters. The van der Waals surface area contributed by atoms with Crippen LogP contribution >= 0.6 is 0 Å². The minimum Gasteiger partial charge on any atom is -0.711 e. The predicted octanol–water partition coefficient (Wildman–Crippen LogP) is 26.5. The number of halogens is 2. The van der Waals surface area contributed by atoms with E-state index in [0.717, 1.165) is 112 Å². The van der Waals surface area contributed by atoms with Gasteiger partial charge in [-0.15, -0.1) is 0 Å². The number of unbranched alkanes of at least 4 members (excludes halogenated alkanes) is 1. The number of fused-ring (bicyclic) bond motifs is 6. The Morgan fingerprint density at radius 1 is 0.379 bits per heavy atom. The molecule has 0 aliphatic heterocycles. The van der Waals surface area contributed by atoms with Crippen LogP contribution in [0.15, 0.2) is 243 Å². The van der Waals surface area contributed by atoms with Crippen LogP contribution in [-0.2, 0) is 15.2 Å². The van der Waals surface area contributed by atoms with Crippen molar-refractivity contribution in [2.45, 2.75) is 120 Å². The first kappa shape index (κ1) is 69.4. The second-order valence-corrected chi connectivity index (χ2v) is 32.0. The fourth-order valence-electron chi connectivity index (χ4n) is 16.5. The van der Waals surface area contributed by atoms with E-state index in [2.05, 4.69) is 229 Å². The lowest BCUT2D eigenvalue weighted by Crippen LogP contribution is -2.25. The molecule has 12 aromatic carbocycles. The van der Waals surface area contributed by atoms with Gasteiger partial charge in [0.05, 0.1) is 45.6 Å². The number of aromatic hydroxyl groups is 2. The zero-order valence-corrected chi connectivity index (χ0v) is 61.4. The lowest BCUT2D eigenvalue weighted by Gasteiger charge is -2.34.